The van der Waals surface area contributed by atoms with E-state index in [1.54, 1.807) is 4.90 Å². The molecule has 0 spiro atoms. The third-order valence-corrected chi connectivity index (χ3v) is 5.16. The van der Waals surface area contributed by atoms with Gasteiger partial charge in [0.15, 0.2) is 11.5 Å². The Kier molecular flexibility index (Phi) is 4.33. The second-order valence-corrected chi connectivity index (χ2v) is 7.10. The van der Waals surface area contributed by atoms with Gasteiger partial charge in [0.05, 0.1) is 11.6 Å². The van der Waals surface area contributed by atoms with E-state index in [9.17, 15) is 4.79 Å². The molecule has 2 heterocycles. The molecule has 0 aromatic heterocycles. The van der Waals surface area contributed by atoms with Crippen molar-refractivity contribution in [2.24, 2.45) is 0 Å². The number of hydrogen-bond donors (Lipinski definition) is 1. The maximum Gasteiger partial charge on any atom is 0.267 e. The summed E-state index contributed by atoms with van der Waals surface area (Å²) in [7, 11) is 0. The van der Waals surface area contributed by atoms with Gasteiger partial charge < -0.3 is 14.8 Å². The minimum atomic E-state index is -0.101. The van der Waals surface area contributed by atoms with Crippen molar-refractivity contribution in [3.63, 3.8) is 0 Å². The van der Waals surface area contributed by atoms with E-state index in [1.807, 2.05) is 54.6 Å². The average molecular weight is 370 g/mol. The summed E-state index contributed by atoms with van der Waals surface area (Å²) in [5.41, 5.74) is 1.82. The Balaban J connectivity index is 1.49. The SMILES string of the molecule is O=C1/C(=C\c2ccc3c(c2)OCO3)SC(=S)N1CNc1ccccc1. The van der Waals surface area contributed by atoms with Gasteiger partial charge in [-0.05, 0) is 35.9 Å². The molecular formula is C18H14N2O3S2. The van der Waals surface area contributed by atoms with Crippen molar-refractivity contribution in [3.8, 4) is 11.5 Å². The molecule has 0 atom stereocenters. The van der Waals surface area contributed by atoms with Crippen LogP contribution in [0.15, 0.2) is 53.4 Å². The highest BCUT2D eigenvalue weighted by Gasteiger charge is 2.31. The molecule has 1 saturated heterocycles. The second-order valence-electron chi connectivity index (χ2n) is 5.42. The van der Waals surface area contributed by atoms with Gasteiger partial charge in [-0.25, -0.2) is 0 Å². The van der Waals surface area contributed by atoms with Gasteiger partial charge in [-0.3, -0.25) is 9.69 Å². The van der Waals surface area contributed by atoms with Crippen LogP contribution in [0.2, 0.25) is 0 Å². The Labute approximate surface area is 154 Å². The van der Waals surface area contributed by atoms with Crippen LogP contribution in [0.5, 0.6) is 11.5 Å². The van der Waals surface area contributed by atoms with Gasteiger partial charge in [-0.1, -0.05) is 48.2 Å². The Bertz CT molecular complexity index is 868. The quantitative estimate of drug-likeness (QED) is 0.654. The van der Waals surface area contributed by atoms with Crippen LogP contribution in [0.3, 0.4) is 0 Å². The molecule has 2 aromatic rings. The fraction of sp³-hybridized carbons (Fsp3) is 0.111. The smallest absolute Gasteiger partial charge is 0.267 e. The zero-order valence-corrected chi connectivity index (χ0v) is 14.7. The van der Waals surface area contributed by atoms with Crippen molar-refractivity contribution in [2.45, 2.75) is 0 Å². The lowest BCUT2D eigenvalue weighted by atomic mass is 10.2. The first-order valence-electron chi connectivity index (χ1n) is 7.65. The monoisotopic (exact) mass is 370 g/mol. The van der Waals surface area contributed by atoms with Gasteiger partial charge in [0, 0.05) is 5.69 Å². The van der Waals surface area contributed by atoms with Gasteiger partial charge in [-0.2, -0.15) is 0 Å². The summed E-state index contributed by atoms with van der Waals surface area (Å²) in [5.74, 6) is 1.31. The molecule has 1 amide bonds. The Hall–Kier alpha value is -2.51. The van der Waals surface area contributed by atoms with Crippen LogP contribution in [-0.4, -0.2) is 28.6 Å². The summed E-state index contributed by atoms with van der Waals surface area (Å²) in [4.78, 5) is 14.8. The number of thiocarbonyl (C=S) groups is 1. The number of para-hydroxylation sites is 1. The standard InChI is InChI=1S/C18H14N2O3S2/c21-17-16(9-12-6-7-14-15(8-12)23-11-22-14)25-18(24)20(17)10-19-13-4-2-1-3-5-13/h1-9,19H,10-11H2/b16-9+. The van der Waals surface area contributed by atoms with E-state index in [0.29, 0.717) is 21.6 Å². The number of amides is 1. The van der Waals surface area contributed by atoms with Crippen molar-refractivity contribution in [1.29, 1.82) is 0 Å². The fourth-order valence-electron chi connectivity index (χ4n) is 2.52. The topological polar surface area (TPSA) is 50.8 Å². The van der Waals surface area contributed by atoms with Crippen LogP contribution in [0, 0.1) is 0 Å². The highest BCUT2D eigenvalue weighted by Crippen LogP contribution is 2.36. The average Bonchev–Trinajstić information content (AvgIpc) is 3.19. The second kappa shape index (κ2) is 6.78. The normalized spacial score (nSPS) is 17.4. The zero-order valence-electron chi connectivity index (χ0n) is 13.1. The third-order valence-electron chi connectivity index (χ3n) is 3.78. The van der Waals surface area contributed by atoms with E-state index < -0.39 is 0 Å². The molecule has 7 heteroatoms. The van der Waals surface area contributed by atoms with E-state index in [1.165, 1.54) is 11.8 Å². The number of benzene rings is 2. The number of hydrogen-bond acceptors (Lipinski definition) is 6. The van der Waals surface area contributed by atoms with Crippen LogP contribution in [0.4, 0.5) is 5.69 Å². The van der Waals surface area contributed by atoms with E-state index in [-0.39, 0.29) is 12.7 Å². The van der Waals surface area contributed by atoms with Gasteiger partial charge >= 0.3 is 0 Å². The predicted octanol–water partition coefficient (Wildman–Crippen LogP) is 3.69. The number of fused-ring (bicyclic) bond motifs is 1. The maximum absolute atomic E-state index is 12.6. The van der Waals surface area contributed by atoms with Crippen molar-refractivity contribution >= 4 is 46.0 Å². The predicted molar refractivity (Wildman–Crippen MR) is 103 cm³/mol. The van der Waals surface area contributed by atoms with E-state index >= 15 is 0 Å². The van der Waals surface area contributed by atoms with Crippen LogP contribution >= 0.6 is 24.0 Å². The number of rotatable bonds is 4. The first kappa shape index (κ1) is 16.0. The molecule has 2 aromatic carbocycles. The molecule has 0 saturated carbocycles. The maximum atomic E-state index is 12.6. The van der Waals surface area contributed by atoms with Crippen molar-refractivity contribution in [3.05, 3.63) is 59.0 Å². The van der Waals surface area contributed by atoms with E-state index in [0.717, 1.165) is 17.0 Å². The number of nitrogens with zero attached hydrogens (tertiary/aromatic N) is 1. The fourth-order valence-corrected chi connectivity index (χ4v) is 3.77. The lowest BCUT2D eigenvalue weighted by Gasteiger charge is -2.16. The summed E-state index contributed by atoms with van der Waals surface area (Å²) in [6.07, 6.45) is 1.82. The number of thioether (sulfide) groups is 1. The molecule has 126 valence electrons. The molecule has 25 heavy (non-hydrogen) atoms. The van der Waals surface area contributed by atoms with Crippen LogP contribution < -0.4 is 14.8 Å². The molecule has 0 aliphatic carbocycles. The highest BCUT2D eigenvalue weighted by atomic mass is 32.2. The number of carbonyl (C=O) groups is 1. The summed E-state index contributed by atoms with van der Waals surface area (Å²) < 4.78 is 11.2. The van der Waals surface area contributed by atoms with Crippen molar-refractivity contribution in [1.82, 2.24) is 4.90 Å². The molecule has 5 nitrogen and oxygen atoms in total. The van der Waals surface area contributed by atoms with Crippen LogP contribution in [-0.2, 0) is 4.79 Å². The molecule has 1 fully saturated rings. The van der Waals surface area contributed by atoms with Crippen LogP contribution in [0.1, 0.15) is 5.56 Å². The van der Waals surface area contributed by atoms with Crippen molar-refractivity contribution < 1.29 is 14.3 Å². The molecule has 2 aliphatic rings. The largest absolute Gasteiger partial charge is 0.454 e. The molecule has 0 bridgehead atoms. The first-order valence-corrected chi connectivity index (χ1v) is 8.87. The molecule has 1 N–H and O–H groups in total. The minimum Gasteiger partial charge on any atom is -0.454 e. The number of anilines is 1. The molecular weight excluding hydrogens is 356 g/mol. The van der Waals surface area contributed by atoms with Gasteiger partial charge in [0.1, 0.15) is 4.32 Å². The Morgan fingerprint density at radius 3 is 2.80 bits per heavy atom. The lowest BCUT2D eigenvalue weighted by molar-refractivity contribution is -0.121. The summed E-state index contributed by atoms with van der Waals surface area (Å²) >= 11 is 6.65. The van der Waals surface area contributed by atoms with Crippen LogP contribution in [0.25, 0.3) is 6.08 Å². The van der Waals surface area contributed by atoms with E-state index in [4.69, 9.17) is 21.7 Å². The molecule has 2 aliphatic heterocycles. The Morgan fingerprint density at radius 2 is 1.96 bits per heavy atom. The summed E-state index contributed by atoms with van der Waals surface area (Å²) in [6.45, 7) is 0.569. The third kappa shape index (κ3) is 3.33. The van der Waals surface area contributed by atoms with E-state index in [2.05, 4.69) is 5.32 Å². The van der Waals surface area contributed by atoms with Gasteiger partial charge in [0.2, 0.25) is 6.79 Å². The Morgan fingerprint density at radius 1 is 1.16 bits per heavy atom. The molecule has 0 radical (unpaired) electrons. The lowest BCUT2D eigenvalue weighted by Crippen LogP contribution is -2.33. The van der Waals surface area contributed by atoms with Crippen molar-refractivity contribution in [2.75, 3.05) is 18.8 Å². The number of nitrogens with one attached hydrogen (secondary N) is 1. The zero-order chi connectivity index (χ0) is 17.2. The molecule has 0 unspecified atom stereocenters. The molecule has 4 rings (SSSR count). The number of ether oxygens (including phenoxy) is 2. The number of carbonyl (C=O) groups excluding carboxylic acids is 1. The first-order chi connectivity index (χ1) is 12.2. The van der Waals surface area contributed by atoms with Gasteiger partial charge in [-0.15, -0.1) is 0 Å². The minimum absolute atomic E-state index is 0.101. The summed E-state index contributed by atoms with van der Waals surface area (Å²) in [5, 5.41) is 3.21. The van der Waals surface area contributed by atoms with Gasteiger partial charge in [0.25, 0.3) is 5.91 Å². The highest BCUT2D eigenvalue weighted by molar-refractivity contribution is 8.26. The summed E-state index contributed by atoms with van der Waals surface area (Å²) in [6, 6.07) is 15.3.